The van der Waals surface area contributed by atoms with Crippen LogP contribution < -0.4 is 15.4 Å². The molecule has 0 spiro atoms. The zero-order valence-corrected chi connectivity index (χ0v) is 23.5. The molecule has 2 aromatic carbocycles. The maximum atomic E-state index is 5.61. The van der Waals surface area contributed by atoms with Crippen molar-refractivity contribution in [3.8, 4) is 22.8 Å². The van der Waals surface area contributed by atoms with Crippen molar-refractivity contribution in [2.75, 3.05) is 19.5 Å². The van der Waals surface area contributed by atoms with Gasteiger partial charge in [-0.25, -0.2) is 4.98 Å². The molecule has 1 aromatic heterocycles. The number of nitrogens with zero attached hydrogens (tertiary/aromatic N) is 4. The molecular weight excluding hydrogens is 498 g/mol. The minimum atomic E-state index is 0.238. The maximum absolute atomic E-state index is 5.61. The van der Waals surface area contributed by atoms with E-state index in [1.165, 1.54) is 5.56 Å². The van der Waals surface area contributed by atoms with E-state index in [0.717, 1.165) is 82.0 Å². The molecule has 0 saturated heterocycles. The van der Waals surface area contributed by atoms with Gasteiger partial charge < -0.3 is 19.4 Å². The lowest BCUT2D eigenvalue weighted by Gasteiger charge is -2.25. The van der Waals surface area contributed by atoms with Gasteiger partial charge >= 0.3 is 0 Å². The van der Waals surface area contributed by atoms with Gasteiger partial charge in [-0.3, -0.25) is 9.98 Å². The zero-order chi connectivity index (χ0) is 27.6. The first-order valence-corrected chi connectivity index (χ1v) is 13.9. The quantitative estimate of drug-likeness (QED) is 0.244. The van der Waals surface area contributed by atoms with Crippen LogP contribution in [-0.4, -0.2) is 40.9 Å². The minimum Gasteiger partial charge on any atom is -0.497 e. The van der Waals surface area contributed by atoms with Crippen LogP contribution in [0.3, 0.4) is 0 Å². The largest absolute Gasteiger partial charge is 0.497 e. The van der Waals surface area contributed by atoms with Gasteiger partial charge in [0.25, 0.3) is 0 Å². The highest BCUT2D eigenvalue weighted by Crippen LogP contribution is 2.32. The molecule has 1 N–H and O–H groups in total. The average Bonchev–Trinajstić information content (AvgIpc) is 2.98. The van der Waals surface area contributed by atoms with E-state index in [4.69, 9.17) is 19.5 Å². The molecule has 0 amide bonds. The molecule has 2 heterocycles. The molecule has 1 fully saturated rings. The highest BCUT2D eigenvalue weighted by atomic mass is 16.5. The van der Waals surface area contributed by atoms with Gasteiger partial charge in [0, 0.05) is 24.6 Å². The Morgan fingerprint density at radius 1 is 0.900 bits per heavy atom. The van der Waals surface area contributed by atoms with E-state index in [9.17, 15) is 0 Å². The molecule has 1 saturated carbocycles. The second-order valence-electron chi connectivity index (χ2n) is 10.6. The third-order valence-electron chi connectivity index (χ3n) is 7.78. The van der Waals surface area contributed by atoms with Gasteiger partial charge in [-0.15, -0.1) is 0 Å². The molecule has 7 nitrogen and oxygen atoms in total. The number of ether oxygens (including phenoxy) is 2. The lowest BCUT2D eigenvalue weighted by Crippen LogP contribution is -2.25. The van der Waals surface area contributed by atoms with E-state index in [1.54, 1.807) is 14.2 Å². The lowest BCUT2D eigenvalue weighted by molar-refractivity contribution is 0.0663. The molecule has 6 rings (SSSR count). The van der Waals surface area contributed by atoms with Gasteiger partial charge in [-0.05, 0) is 88.1 Å². The Kier molecular flexibility index (Phi) is 7.22. The van der Waals surface area contributed by atoms with E-state index in [2.05, 4.69) is 64.3 Å². The summed E-state index contributed by atoms with van der Waals surface area (Å²) in [6.07, 6.45) is 6.25. The first-order chi connectivity index (χ1) is 19.5. The fourth-order valence-electron chi connectivity index (χ4n) is 5.48. The molecule has 0 atom stereocenters. The van der Waals surface area contributed by atoms with Crippen molar-refractivity contribution in [2.24, 2.45) is 4.99 Å². The number of aromatic nitrogens is 3. The summed E-state index contributed by atoms with van der Waals surface area (Å²) in [6, 6.07) is 23.2. The zero-order valence-electron chi connectivity index (χ0n) is 23.5. The van der Waals surface area contributed by atoms with Crippen molar-refractivity contribution in [3.05, 3.63) is 89.5 Å². The predicted molar refractivity (Wildman–Crippen MR) is 160 cm³/mol. The van der Waals surface area contributed by atoms with E-state index in [0.29, 0.717) is 6.10 Å². The summed E-state index contributed by atoms with van der Waals surface area (Å²) in [4.78, 5) is 14.9. The van der Waals surface area contributed by atoms with Crippen LogP contribution in [0.5, 0.6) is 5.75 Å². The van der Waals surface area contributed by atoms with Gasteiger partial charge in [0.05, 0.1) is 64.6 Å². The summed E-state index contributed by atoms with van der Waals surface area (Å²) >= 11 is 0. The van der Waals surface area contributed by atoms with Gasteiger partial charge in [0.15, 0.2) is 0 Å². The van der Waals surface area contributed by atoms with Crippen LogP contribution in [0, 0.1) is 13.8 Å². The molecule has 7 heteroatoms. The Morgan fingerprint density at radius 3 is 2.40 bits per heavy atom. The molecular formula is C33H35N5O2. The summed E-state index contributed by atoms with van der Waals surface area (Å²) in [7, 11) is 3.50. The van der Waals surface area contributed by atoms with Crippen LogP contribution in [0.4, 0.5) is 11.4 Å². The lowest BCUT2D eigenvalue weighted by atomic mass is 9.93. The van der Waals surface area contributed by atoms with Crippen LogP contribution in [-0.2, 0) is 4.74 Å². The summed E-state index contributed by atoms with van der Waals surface area (Å²) < 4.78 is 13.5. The molecule has 0 unspecified atom stereocenters. The van der Waals surface area contributed by atoms with Crippen molar-refractivity contribution in [1.82, 2.24) is 14.5 Å². The summed E-state index contributed by atoms with van der Waals surface area (Å²) in [5.74, 6) is 0.791. The number of aryl methyl sites for hydroxylation is 2. The van der Waals surface area contributed by atoms with Crippen molar-refractivity contribution >= 4 is 22.4 Å². The number of rotatable bonds is 6. The van der Waals surface area contributed by atoms with Gasteiger partial charge in [-0.2, -0.15) is 0 Å². The van der Waals surface area contributed by atoms with E-state index in [-0.39, 0.29) is 6.04 Å². The monoisotopic (exact) mass is 533 g/mol. The molecule has 2 aliphatic carbocycles. The minimum absolute atomic E-state index is 0.238. The van der Waals surface area contributed by atoms with Crippen molar-refractivity contribution in [1.29, 1.82) is 0 Å². The smallest absolute Gasteiger partial charge is 0.121 e. The first kappa shape index (κ1) is 26.0. The van der Waals surface area contributed by atoms with Crippen LogP contribution in [0.2, 0.25) is 0 Å². The third kappa shape index (κ3) is 5.29. The number of hydrogen-bond donors (Lipinski definition) is 1. The van der Waals surface area contributed by atoms with Crippen molar-refractivity contribution in [3.63, 3.8) is 0 Å². The topological polar surface area (TPSA) is 73.6 Å². The number of hydrogen-bond acceptors (Lipinski definition) is 6. The van der Waals surface area contributed by atoms with Gasteiger partial charge in [-0.1, -0.05) is 17.7 Å². The first-order valence-electron chi connectivity index (χ1n) is 13.9. The Labute approximate surface area is 234 Å². The average molecular weight is 534 g/mol. The number of benzene rings is 3. The standard InChI is InChI=1S/C33H35N5O2/c1-21-5-11-25(12-6-21)38-32-17-27(40-4)15-16-28(32)37-31-18-29(36-24-8-7-22(2)34-20-24)30(19-33(31)38)35-23-9-13-26(39-3)14-10-23/h5-8,11-12,15-20,23,26,36H,9-10,13-14H2,1-4H3. The van der Waals surface area contributed by atoms with Gasteiger partial charge in [0.2, 0.25) is 0 Å². The third-order valence-corrected chi connectivity index (χ3v) is 7.78. The van der Waals surface area contributed by atoms with E-state index in [1.807, 2.05) is 37.4 Å². The number of fused-ring (bicyclic) bond motifs is 2. The molecule has 3 aromatic rings. The fraction of sp³-hybridized carbons (Fsp3) is 0.303. The van der Waals surface area contributed by atoms with Gasteiger partial charge in [0.1, 0.15) is 5.75 Å². The molecule has 3 aliphatic rings. The van der Waals surface area contributed by atoms with Crippen molar-refractivity contribution < 1.29 is 9.47 Å². The van der Waals surface area contributed by atoms with Crippen LogP contribution >= 0.6 is 0 Å². The highest BCUT2D eigenvalue weighted by molar-refractivity contribution is 5.85. The summed E-state index contributed by atoms with van der Waals surface area (Å²) in [6.45, 7) is 4.10. The number of anilines is 2. The van der Waals surface area contributed by atoms with Crippen molar-refractivity contribution in [2.45, 2.75) is 51.7 Å². The summed E-state index contributed by atoms with van der Waals surface area (Å²) in [5.41, 5.74) is 8.82. The fourth-order valence-corrected chi connectivity index (χ4v) is 5.48. The van der Waals surface area contributed by atoms with Crippen LogP contribution in [0.15, 0.2) is 77.9 Å². The second-order valence-corrected chi connectivity index (χ2v) is 10.6. The molecule has 204 valence electrons. The van der Waals surface area contributed by atoms with Crippen LogP contribution in [0.1, 0.15) is 36.9 Å². The summed E-state index contributed by atoms with van der Waals surface area (Å²) in [5, 5.41) is 4.50. The van der Waals surface area contributed by atoms with E-state index >= 15 is 0 Å². The van der Waals surface area contributed by atoms with Crippen LogP contribution in [0.25, 0.3) is 28.1 Å². The highest BCUT2D eigenvalue weighted by Gasteiger charge is 2.22. The number of nitrogens with one attached hydrogen (secondary N) is 1. The Balaban J connectivity index is 1.59. The van der Waals surface area contributed by atoms with E-state index < -0.39 is 0 Å². The Morgan fingerprint density at radius 2 is 1.70 bits per heavy atom. The normalized spacial score (nSPS) is 17.9. The number of methoxy groups -OCH3 is 2. The number of pyridine rings is 1. The Hall–Kier alpha value is -4.23. The molecule has 1 aliphatic heterocycles. The molecule has 0 radical (unpaired) electrons. The molecule has 0 bridgehead atoms. The Bertz CT molecular complexity index is 1670. The maximum Gasteiger partial charge on any atom is 0.121 e. The SMILES string of the molecule is COc1ccc2nc3cc(Nc4ccc(C)nc4)c(=NC4CCC(OC)CC4)cc-3n(-c3ccc(C)cc3)c2c1. The predicted octanol–water partition coefficient (Wildman–Crippen LogP) is 6.75. The molecule has 40 heavy (non-hydrogen) atoms. The second kappa shape index (κ2) is 11.1.